The molecule has 3 rings (SSSR count). The summed E-state index contributed by atoms with van der Waals surface area (Å²) in [6.45, 7) is 17.5. The van der Waals surface area contributed by atoms with Crippen LogP contribution in [0.2, 0.25) is 0 Å². The minimum Gasteiger partial charge on any atom is -0.478 e. The Morgan fingerprint density at radius 1 is 0.658 bits per heavy atom. The van der Waals surface area contributed by atoms with Crippen LogP contribution in [-0.4, -0.2) is 79.3 Å². The molecule has 2 heterocycles. The highest BCUT2D eigenvalue weighted by Crippen LogP contribution is 2.54. The van der Waals surface area contributed by atoms with Crippen molar-refractivity contribution in [1.82, 2.24) is 9.80 Å². The highest BCUT2D eigenvalue weighted by Gasteiger charge is 2.52. The first-order valence-electron chi connectivity index (χ1n) is 13.5. The number of carboxylic acid groups (broad SMARTS) is 3. The van der Waals surface area contributed by atoms with Gasteiger partial charge in [0.1, 0.15) is 0 Å². The minimum absolute atomic E-state index is 0.00286. The van der Waals surface area contributed by atoms with Crippen molar-refractivity contribution in [3.05, 3.63) is 34.4 Å². The van der Waals surface area contributed by atoms with E-state index in [1.54, 1.807) is 0 Å². The number of hydrogen-bond donors (Lipinski definition) is 3. The van der Waals surface area contributed by atoms with Gasteiger partial charge in [-0.2, -0.15) is 0 Å². The van der Waals surface area contributed by atoms with Crippen LogP contribution in [-0.2, 0) is 0 Å². The van der Waals surface area contributed by atoms with Gasteiger partial charge in [0.2, 0.25) is 0 Å². The van der Waals surface area contributed by atoms with Crippen LogP contribution < -0.4 is 0 Å². The number of rotatable bonds is 6. The van der Waals surface area contributed by atoms with Crippen LogP contribution in [0.4, 0.5) is 0 Å². The maximum Gasteiger partial charge on any atom is 0.336 e. The minimum atomic E-state index is -1.35. The summed E-state index contributed by atoms with van der Waals surface area (Å²) in [5.41, 5.74) is -1.27. The number of hydrogen-bond acceptors (Lipinski definition) is 5. The predicted molar refractivity (Wildman–Crippen MR) is 147 cm³/mol. The van der Waals surface area contributed by atoms with Crippen molar-refractivity contribution in [2.24, 2.45) is 11.8 Å². The van der Waals surface area contributed by atoms with Crippen LogP contribution >= 0.6 is 0 Å². The molecule has 0 amide bonds. The molecule has 8 nitrogen and oxygen atoms in total. The zero-order valence-electron chi connectivity index (χ0n) is 24.7. The van der Waals surface area contributed by atoms with Crippen molar-refractivity contribution >= 4 is 17.9 Å². The first kappa shape index (κ1) is 30.1. The molecule has 0 atom stereocenters. The largest absolute Gasteiger partial charge is 0.478 e. The van der Waals surface area contributed by atoms with E-state index in [2.05, 4.69) is 79.3 Å². The average molecular weight is 531 g/mol. The molecular weight excluding hydrogens is 484 g/mol. The number of nitrogens with zero attached hydrogens (tertiary/aromatic N) is 2. The van der Waals surface area contributed by atoms with Crippen LogP contribution in [0.1, 0.15) is 124 Å². The first-order chi connectivity index (χ1) is 17.1. The Labute approximate surface area is 227 Å². The Morgan fingerprint density at radius 2 is 0.947 bits per heavy atom. The number of piperidine rings is 2. The Balaban J connectivity index is 2.37. The summed E-state index contributed by atoms with van der Waals surface area (Å²) in [5.74, 6) is -4.30. The molecule has 0 aromatic heterocycles. The lowest BCUT2D eigenvalue weighted by Crippen LogP contribution is -2.61. The molecule has 212 valence electrons. The normalized spacial score (nSPS) is 23.9. The van der Waals surface area contributed by atoms with E-state index in [0.717, 1.165) is 37.8 Å². The van der Waals surface area contributed by atoms with Gasteiger partial charge in [-0.25, -0.2) is 14.4 Å². The third-order valence-corrected chi connectivity index (χ3v) is 9.92. The van der Waals surface area contributed by atoms with E-state index >= 15 is 0 Å². The summed E-state index contributed by atoms with van der Waals surface area (Å²) < 4.78 is 0. The molecule has 0 radical (unpaired) electrons. The van der Waals surface area contributed by atoms with Crippen molar-refractivity contribution in [3.63, 3.8) is 0 Å². The van der Waals surface area contributed by atoms with Crippen LogP contribution in [0.15, 0.2) is 12.1 Å². The fraction of sp³-hybridized carbons (Fsp3) is 0.700. The second-order valence-electron chi connectivity index (χ2n) is 14.1. The molecule has 0 aliphatic carbocycles. The Morgan fingerprint density at radius 3 is 1.18 bits per heavy atom. The van der Waals surface area contributed by atoms with Gasteiger partial charge in [-0.3, -0.25) is 9.80 Å². The number of carbonyl (C=O) groups is 3. The molecule has 2 fully saturated rings. The molecule has 38 heavy (non-hydrogen) atoms. The highest BCUT2D eigenvalue weighted by molar-refractivity contribution is 6.01. The molecule has 1 aromatic carbocycles. The lowest BCUT2D eigenvalue weighted by atomic mass is 9.59. The topological polar surface area (TPSA) is 118 Å². The monoisotopic (exact) mass is 530 g/mol. The van der Waals surface area contributed by atoms with E-state index in [4.69, 9.17) is 0 Å². The third kappa shape index (κ3) is 5.34. The van der Waals surface area contributed by atoms with Crippen LogP contribution in [0.5, 0.6) is 0 Å². The van der Waals surface area contributed by atoms with Crippen molar-refractivity contribution in [1.29, 1.82) is 0 Å². The molecule has 2 saturated heterocycles. The van der Waals surface area contributed by atoms with Gasteiger partial charge in [-0.1, -0.05) is 0 Å². The lowest BCUT2D eigenvalue weighted by Gasteiger charge is -2.59. The summed E-state index contributed by atoms with van der Waals surface area (Å²) >= 11 is 0. The fourth-order valence-electron chi connectivity index (χ4n) is 7.75. The van der Waals surface area contributed by atoms with Gasteiger partial charge in [0.05, 0.1) is 16.7 Å². The molecule has 3 N–H and O–H groups in total. The summed E-state index contributed by atoms with van der Waals surface area (Å²) in [7, 11) is 4.22. The smallest absolute Gasteiger partial charge is 0.336 e. The third-order valence-electron chi connectivity index (χ3n) is 9.92. The van der Waals surface area contributed by atoms with E-state index in [-0.39, 0.29) is 62.2 Å². The van der Waals surface area contributed by atoms with Crippen LogP contribution in [0.25, 0.3) is 0 Å². The maximum atomic E-state index is 12.7. The molecule has 8 heteroatoms. The summed E-state index contributed by atoms with van der Waals surface area (Å²) in [6, 6.07) is 2.30. The van der Waals surface area contributed by atoms with Gasteiger partial charge in [-0.05, 0) is 131 Å². The standard InChI is InChI=1S/C30H46N2O6/c1-27(2)13-18(14-28(3,4)31(27)9)22(19-15-29(5,6)32(10)30(7,8)16-19)23-20(25(35)36)11-17(24(33)34)12-21(23)26(37)38/h11-12,18-19,22H,13-16H2,1-10H3,(H,33,34)(H,35,36)(H,37,38). The zero-order valence-corrected chi connectivity index (χ0v) is 24.7. The lowest BCUT2D eigenvalue weighted by molar-refractivity contribution is -0.0678. The number of aromatic carboxylic acids is 3. The van der Waals surface area contributed by atoms with Gasteiger partial charge in [0, 0.05) is 22.2 Å². The number of benzene rings is 1. The van der Waals surface area contributed by atoms with E-state index in [9.17, 15) is 29.7 Å². The van der Waals surface area contributed by atoms with E-state index < -0.39 is 17.9 Å². The van der Waals surface area contributed by atoms with Crippen LogP contribution in [0.3, 0.4) is 0 Å². The van der Waals surface area contributed by atoms with Gasteiger partial charge in [-0.15, -0.1) is 0 Å². The summed E-state index contributed by atoms with van der Waals surface area (Å²) in [6.07, 6.45) is 3.07. The molecule has 0 unspecified atom stereocenters. The van der Waals surface area contributed by atoms with E-state index in [0.29, 0.717) is 0 Å². The quantitative estimate of drug-likeness (QED) is 0.431. The maximum absolute atomic E-state index is 12.7. The van der Waals surface area contributed by atoms with E-state index in [1.807, 2.05) is 0 Å². The fourth-order valence-corrected chi connectivity index (χ4v) is 7.75. The van der Waals surface area contributed by atoms with Crippen LogP contribution in [0, 0.1) is 11.8 Å². The number of likely N-dealkylation sites (tertiary alicyclic amines) is 2. The van der Waals surface area contributed by atoms with Gasteiger partial charge in [0.25, 0.3) is 0 Å². The Hall–Kier alpha value is -2.45. The second-order valence-corrected chi connectivity index (χ2v) is 14.1. The molecule has 0 saturated carbocycles. The molecule has 2 aliphatic heterocycles. The van der Waals surface area contributed by atoms with Crippen molar-refractivity contribution in [2.75, 3.05) is 14.1 Å². The number of carboxylic acids is 3. The van der Waals surface area contributed by atoms with Crippen molar-refractivity contribution in [2.45, 2.75) is 109 Å². The first-order valence-corrected chi connectivity index (χ1v) is 13.5. The van der Waals surface area contributed by atoms with Gasteiger partial charge >= 0.3 is 17.9 Å². The average Bonchev–Trinajstić information content (AvgIpc) is 2.74. The SMILES string of the molecule is CN1C(C)(C)CC(C(c2c(C(=O)O)cc(C(=O)O)cc2C(=O)O)C2CC(C)(C)N(C)C(C)(C)C2)CC1(C)C. The molecule has 1 aromatic rings. The van der Waals surface area contributed by atoms with Gasteiger partial charge < -0.3 is 15.3 Å². The molecule has 0 spiro atoms. The second kappa shape index (κ2) is 9.63. The molecule has 0 bridgehead atoms. The van der Waals surface area contributed by atoms with Crippen molar-refractivity contribution < 1.29 is 29.7 Å². The molecular formula is C30H46N2O6. The summed E-state index contributed by atoms with van der Waals surface area (Å²) in [5, 5.41) is 30.3. The predicted octanol–water partition coefficient (Wildman–Crippen LogP) is 5.66. The van der Waals surface area contributed by atoms with Crippen molar-refractivity contribution in [3.8, 4) is 0 Å². The Bertz CT molecular complexity index is 1020. The zero-order chi connectivity index (χ0) is 29.2. The summed E-state index contributed by atoms with van der Waals surface area (Å²) in [4.78, 5) is 41.9. The highest BCUT2D eigenvalue weighted by atomic mass is 16.4. The molecule has 2 aliphatic rings. The Kier molecular flexibility index (Phi) is 7.63. The van der Waals surface area contributed by atoms with E-state index in [1.165, 1.54) is 0 Å². The van der Waals surface area contributed by atoms with Gasteiger partial charge in [0.15, 0.2) is 0 Å².